The summed E-state index contributed by atoms with van der Waals surface area (Å²) in [5.74, 6) is 0.620. The first-order valence-corrected chi connectivity index (χ1v) is 5.62. The first-order valence-electron chi connectivity index (χ1n) is 4.34. The number of hydrogen-bond acceptors (Lipinski definition) is 3. The number of nitrogens with zero attached hydrogens (tertiary/aromatic N) is 1. The molecule has 1 unspecified atom stereocenters. The molecule has 2 nitrogen and oxygen atoms in total. The summed E-state index contributed by atoms with van der Waals surface area (Å²) in [6.07, 6.45) is 0. The minimum absolute atomic E-state index is 0.101. The van der Waals surface area contributed by atoms with Crippen molar-refractivity contribution in [2.75, 3.05) is 21.2 Å². The lowest BCUT2D eigenvalue weighted by molar-refractivity contribution is 0.366. The Kier molecular flexibility index (Phi) is 4.59. The van der Waals surface area contributed by atoms with Gasteiger partial charge in [0.1, 0.15) is 5.75 Å². The Bertz CT molecular complexity index is 358. The molecule has 84 valence electrons. The minimum atomic E-state index is -0.101. The van der Waals surface area contributed by atoms with Crippen molar-refractivity contribution >= 4 is 35.8 Å². The Morgan fingerprint density at radius 2 is 1.93 bits per heavy atom. The smallest absolute Gasteiger partial charge is 0.143 e. The van der Waals surface area contributed by atoms with Gasteiger partial charge in [0.15, 0.2) is 0 Å². The fourth-order valence-corrected chi connectivity index (χ4v) is 2.04. The highest BCUT2D eigenvalue weighted by Crippen LogP contribution is 2.38. The van der Waals surface area contributed by atoms with Gasteiger partial charge in [0.2, 0.25) is 0 Å². The summed E-state index contributed by atoms with van der Waals surface area (Å²) in [6.45, 7) is 0. The molecule has 0 spiro atoms. The SMILES string of the molecule is COc1c(Cl)cc(Cl)cc1C(S)N(C)C. The molecule has 0 radical (unpaired) electrons. The summed E-state index contributed by atoms with van der Waals surface area (Å²) in [7, 11) is 5.42. The van der Waals surface area contributed by atoms with Crippen LogP contribution in [0.5, 0.6) is 5.75 Å². The average molecular weight is 266 g/mol. The lowest BCUT2D eigenvalue weighted by Crippen LogP contribution is -2.15. The van der Waals surface area contributed by atoms with E-state index in [1.54, 1.807) is 13.2 Å². The van der Waals surface area contributed by atoms with Crippen LogP contribution in [-0.2, 0) is 0 Å². The van der Waals surface area contributed by atoms with Crippen LogP contribution in [0, 0.1) is 0 Å². The fraction of sp³-hybridized carbons (Fsp3) is 0.400. The number of rotatable bonds is 3. The monoisotopic (exact) mass is 265 g/mol. The van der Waals surface area contributed by atoms with E-state index in [1.165, 1.54) is 0 Å². The van der Waals surface area contributed by atoms with E-state index in [0.29, 0.717) is 15.8 Å². The molecule has 0 amide bonds. The van der Waals surface area contributed by atoms with Gasteiger partial charge in [-0.15, -0.1) is 0 Å². The highest BCUT2D eigenvalue weighted by atomic mass is 35.5. The lowest BCUT2D eigenvalue weighted by atomic mass is 10.2. The Balaban J connectivity index is 3.26. The van der Waals surface area contributed by atoms with E-state index in [-0.39, 0.29) is 5.37 Å². The molecule has 0 N–H and O–H groups in total. The second-order valence-corrected chi connectivity index (χ2v) is 4.68. The van der Waals surface area contributed by atoms with Crippen molar-refractivity contribution in [2.45, 2.75) is 5.37 Å². The Hall–Kier alpha value is -0.0900. The minimum Gasteiger partial charge on any atom is -0.495 e. The van der Waals surface area contributed by atoms with Gasteiger partial charge in [0.05, 0.1) is 17.5 Å². The van der Waals surface area contributed by atoms with Crippen LogP contribution >= 0.6 is 35.8 Å². The van der Waals surface area contributed by atoms with Gasteiger partial charge in [-0.3, -0.25) is 4.90 Å². The molecule has 0 saturated heterocycles. The van der Waals surface area contributed by atoms with Crippen LogP contribution in [0.3, 0.4) is 0 Å². The van der Waals surface area contributed by atoms with Gasteiger partial charge in [0, 0.05) is 10.6 Å². The predicted octanol–water partition coefficient (Wildman–Crippen LogP) is 3.49. The van der Waals surface area contributed by atoms with Crippen LogP contribution in [-0.4, -0.2) is 26.1 Å². The first kappa shape index (κ1) is 13.0. The van der Waals surface area contributed by atoms with Crippen molar-refractivity contribution in [1.82, 2.24) is 4.90 Å². The highest BCUT2D eigenvalue weighted by Gasteiger charge is 2.17. The average Bonchev–Trinajstić information content (AvgIpc) is 2.15. The maximum absolute atomic E-state index is 6.02. The van der Waals surface area contributed by atoms with Gasteiger partial charge in [-0.1, -0.05) is 23.2 Å². The summed E-state index contributed by atoms with van der Waals surface area (Å²) >= 11 is 16.4. The van der Waals surface area contributed by atoms with E-state index in [9.17, 15) is 0 Å². The van der Waals surface area contributed by atoms with Gasteiger partial charge >= 0.3 is 0 Å². The van der Waals surface area contributed by atoms with Crippen molar-refractivity contribution < 1.29 is 4.74 Å². The zero-order chi connectivity index (χ0) is 11.6. The molecule has 0 aliphatic carbocycles. The Labute approximate surface area is 106 Å². The summed E-state index contributed by atoms with van der Waals surface area (Å²) in [5.41, 5.74) is 0.864. The molecule has 0 saturated carbocycles. The van der Waals surface area contributed by atoms with Crippen molar-refractivity contribution in [3.8, 4) is 5.75 Å². The Morgan fingerprint density at radius 1 is 1.33 bits per heavy atom. The third-order valence-electron chi connectivity index (χ3n) is 2.01. The standard InChI is InChI=1S/C10H13Cl2NOS/c1-13(2)10(15)7-4-6(11)5-8(12)9(7)14-3/h4-5,10,15H,1-3H3. The van der Waals surface area contributed by atoms with E-state index in [4.69, 9.17) is 27.9 Å². The summed E-state index contributed by atoms with van der Waals surface area (Å²) in [6, 6.07) is 3.46. The first-order chi connectivity index (χ1) is 6.97. The van der Waals surface area contributed by atoms with E-state index >= 15 is 0 Å². The molecular formula is C10H13Cl2NOS. The number of methoxy groups -OCH3 is 1. The van der Waals surface area contributed by atoms with Crippen LogP contribution in [0.25, 0.3) is 0 Å². The molecular weight excluding hydrogens is 253 g/mol. The quantitative estimate of drug-likeness (QED) is 0.664. The molecule has 0 aliphatic heterocycles. The fourth-order valence-electron chi connectivity index (χ4n) is 1.27. The molecule has 5 heteroatoms. The van der Waals surface area contributed by atoms with Crippen LogP contribution in [0.4, 0.5) is 0 Å². The van der Waals surface area contributed by atoms with Crippen molar-refractivity contribution in [2.24, 2.45) is 0 Å². The Morgan fingerprint density at radius 3 is 2.40 bits per heavy atom. The topological polar surface area (TPSA) is 12.5 Å². The van der Waals surface area contributed by atoms with Gasteiger partial charge in [-0.2, -0.15) is 12.6 Å². The third kappa shape index (κ3) is 2.94. The molecule has 15 heavy (non-hydrogen) atoms. The number of benzene rings is 1. The second kappa shape index (κ2) is 5.30. The summed E-state index contributed by atoms with van der Waals surface area (Å²) in [5, 5.41) is 0.980. The van der Waals surface area contributed by atoms with Gasteiger partial charge in [0.25, 0.3) is 0 Å². The van der Waals surface area contributed by atoms with E-state index in [0.717, 1.165) is 5.56 Å². The molecule has 1 aromatic rings. The molecule has 1 atom stereocenters. The van der Waals surface area contributed by atoms with Gasteiger partial charge in [-0.05, 0) is 26.2 Å². The van der Waals surface area contributed by atoms with Crippen molar-refractivity contribution in [1.29, 1.82) is 0 Å². The van der Waals surface area contributed by atoms with E-state index in [2.05, 4.69) is 12.6 Å². The third-order valence-corrected chi connectivity index (χ3v) is 3.25. The summed E-state index contributed by atoms with van der Waals surface area (Å²) in [4.78, 5) is 1.94. The predicted molar refractivity (Wildman–Crippen MR) is 68.4 cm³/mol. The van der Waals surface area contributed by atoms with Gasteiger partial charge in [-0.25, -0.2) is 0 Å². The van der Waals surface area contributed by atoms with Crippen LogP contribution in [0.1, 0.15) is 10.9 Å². The molecule has 0 aromatic heterocycles. The highest BCUT2D eigenvalue weighted by molar-refractivity contribution is 7.80. The molecule has 1 aromatic carbocycles. The van der Waals surface area contributed by atoms with E-state index < -0.39 is 0 Å². The van der Waals surface area contributed by atoms with Crippen molar-refractivity contribution in [3.63, 3.8) is 0 Å². The van der Waals surface area contributed by atoms with E-state index in [1.807, 2.05) is 25.1 Å². The van der Waals surface area contributed by atoms with Gasteiger partial charge < -0.3 is 4.74 Å². The van der Waals surface area contributed by atoms with Crippen LogP contribution in [0.2, 0.25) is 10.0 Å². The second-order valence-electron chi connectivity index (χ2n) is 3.35. The van der Waals surface area contributed by atoms with Crippen LogP contribution in [0.15, 0.2) is 12.1 Å². The molecule has 0 heterocycles. The lowest BCUT2D eigenvalue weighted by Gasteiger charge is -2.22. The zero-order valence-corrected chi connectivity index (χ0v) is 11.2. The summed E-state index contributed by atoms with van der Waals surface area (Å²) < 4.78 is 5.24. The van der Waals surface area contributed by atoms with Crippen molar-refractivity contribution in [3.05, 3.63) is 27.7 Å². The zero-order valence-electron chi connectivity index (χ0n) is 8.79. The molecule has 0 bridgehead atoms. The number of thiol groups is 1. The normalized spacial score (nSPS) is 13.0. The number of halogens is 2. The number of ether oxygens (including phenoxy) is 1. The molecule has 1 rings (SSSR count). The number of hydrogen-bond donors (Lipinski definition) is 1. The maximum atomic E-state index is 6.02. The maximum Gasteiger partial charge on any atom is 0.143 e. The molecule has 0 fully saturated rings. The van der Waals surface area contributed by atoms with Crippen LogP contribution < -0.4 is 4.74 Å². The molecule has 0 aliphatic rings. The largest absolute Gasteiger partial charge is 0.495 e.